The number of aromatic nitrogens is 3. The molecule has 0 aliphatic heterocycles. The van der Waals surface area contributed by atoms with Crippen molar-refractivity contribution in [2.24, 2.45) is 0 Å². The predicted octanol–water partition coefficient (Wildman–Crippen LogP) is 4.77. The van der Waals surface area contributed by atoms with E-state index in [0.29, 0.717) is 9.98 Å². The number of amides is 1. The van der Waals surface area contributed by atoms with E-state index < -0.39 is 0 Å². The molecule has 2 aromatic heterocycles. The van der Waals surface area contributed by atoms with E-state index in [9.17, 15) is 4.79 Å². The summed E-state index contributed by atoms with van der Waals surface area (Å²) in [5.74, 6) is 0.722. The van der Waals surface area contributed by atoms with Gasteiger partial charge in [-0.15, -0.1) is 16.4 Å². The Labute approximate surface area is 170 Å². The number of nitrogens with zero attached hydrogens (tertiary/aromatic N) is 3. The summed E-state index contributed by atoms with van der Waals surface area (Å²) in [6, 6.07) is 14.9. The van der Waals surface area contributed by atoms with Crippen molar-refractivity contribution in [3.8, 4) is 17.0 Å². The number of hydrogen-bond acceptors (Lipinski definition) is 5. The molecule has 0 saturated heterocycles. The Hall–Kier alpha value is -3.16. The highest BCUT2D eigenvalue weighted by atomic mass is 35.5. The monoisotopic (exact) mass is 410 g/mol. The molecule has 0 fully saturated rings. The molecule has 0 aliphatic carbocycles. The zero-order chi connectivity index (χ0) is 19.5. The van der Waals surface area contributed by atoms with Crippen LogP contribution in [0.5, 0.6) is 5.75 Å². The van der Waals surface area contributed by atoms with Crippen LogP contribution in [0.25, 0.3) is 22.3 Å². The molecule has 0 radical (unpaired) electrons. The molecular formula is C20H15ClN4O2S. The molecule has 2 heterocycles. The summed E-state index contributed by atoms with van der Waals surface area (Å²) in [5, 5.41) is 9.67. The van der Waals surface area contributed by atoms with Gasteiger partial charge < -0.3 is 4.74 Å². The summed E-state index contributed by atoms with van der Waals surface area (Å²) in [6.07, 6.45) is 3.10. The predicted molar refractivity (Wildman–Crippen MR) is 112 cm³/mol. The Bertz CT molecular complexity index is 1160. The summed E-state index contributed by atoms with van der Waals surface area (Å²) >= 11 is 7.39. The van der Waals surface area contributed by atoms with Crippen LogP contribution in [0.3, 0.4) is 0 Å². The standard InChI is InChI=1S/C20H15ClN4O2S/c1-27-16-8-6-14(7-9-16)17-12-28-20-23-19(24-25(17)20)22-18(26)10-5-13-3-2-4-15(21)11-13/h2-12H,1H3,(H,22,24,26)/b10-5+. The fraction of sp³-hybridized carbons (Fsp3) is 0.0500. The first kappa shape index (κ1) is 18.2. The Morgan fingerprint density at radius 2 is 2.07 bits per heavy atom. The molecule has 0 saturated carbocycles. The molecule has 0 spiro atoms. The van der Waals surface area contributed by atoms with Gasteiger partial charge in [0, 0.05) is 22.0 Å². The maximum absolute atomic E-state index is 12.2. The summed E-state index contributed by atoms with van der Waals surface area (Å²) in [5.41, 5.74) is 2.71. The lowest BCUT2D eigenvalue weighted by Crippen LogP contribution is -2.09. The molecule has 28 heavy (non-hydrogen) atoms. The zero-order valence-electron chi connectivity index (χ0n) is 14.8. The van der Waals surface area contributed by atoms with Crippen molar-refractivity contribution in [2.45, 2.75) is 0 Å². The van der Waals surface area contributed by atoms with Crippen LogP contribution in [0.4, 0.5) is 5.95 Å². The molecule has 8 heteroatoms. The molecule has 1 amide bonds. The van der Waals surface area contributed by atoms with Crippen molar-refractivity contribution >= 4 is 45.8 Å². The number of carbonyl (C=O) groups is 1. The number of methoxy groups -OCH3 is 1. The lowest BCUT2D eigenvalue weighted by molar-refractivity contribution is -0.111. The van der Waals surface area contributed by atoms with Gasteiger partial charge in [-0.2, -0.15) is 4.98 Å². The van der Waals surface area contributed by atoms with Crippen LogP contribution < -0.4 is 10.1 Å². The van der Waals surface area contributed by atoms with Gasteiger partial charge in [0.1, 0.15) is 5.75 Å². The van der Waals surface area contributed by atoms with Crippen LogP contribution in [-0.4, -0.2) is 27.6 Å². The quantitative estimate of drug-likeness (QED) is 0.481. The highest BCUT2D eigenvalue weighted by Gasteiger charge is 2.12. The average molecular weight is 411 g/mol. The smallest absolute Gasteiger partial charge is 0.250 e. The average Bonchev–Trinajstić information content (AvgIpc) is 3.27. The number of benzene rings is 2. The molecule has 0 bridgehead atoms. The van der Waals surface area contributed by atoms with Gasteiger partial charge in [-0.1, -0.05) is 23.7 Å². The minimum Gasteiger partial charge on any atom is -0.497 e. The second-order valence-electron chi connectivity index (χ2n) is 5.86. The number of nitrogens with one attached hydrogen (secondary N) is 1. The van der Waals surface area contributed by atoms with Crippen LogP contribution in [0.1, 0.15) is 5.56 Å². The molecule has 140 valence electrons. The van der Waals surface area contributed by atoms with E-state index >= 15 is 0 Å². The van der Waals surface area contributed by atoms with Gasteiger partial charge in [0.25, 0.3) is 11.9 Å². The second kappa shape index (κ2) is 7.84. The third kappa shape index (κ3) is 3.90. The third-order valence-electron chi connectivity index (χ3n) is 3.98. The van der Waals surface area contributed by atoms with Crippen molar-refractivity contribution in [1.82, 2.24) is 14.6 Å². The summed E-state index contributed by atoms with van der Waals surface area (Å²) in [7, 11) is 1.63. The topological polar surface area (TPSA) is 68.5 Å². The van der Waals surface area contributed by atoms with E-state index in [1.54, 1.807) is 29.8 Å². The normalized spacial score (nSPS) is 11.2. The molecule has 0 unspecified atom stereocenters. The minimum absolute atomic E-state index is 0.252. The van der Waals surface area contributed by atoms with Crippen molar-refractivity contribution in [1.29, 1.82) is 0 Å². The van der Waals surface area contributed by atoms with Crippen molar-refractivity contribution in [3.05, 3.63) is 70.6 Å². The highest BCUT2D eigenvalue weighted by Crippen LogP contribution is 2.27. The first-order chi connectivity index (χ1) is 13.6. The molecule has 2 aromatic carbocycles. The molecular weight excluding hydrogens is 396 g/mol. The largest absolute Gasteiger partial charge is 0.497 e. The maximum Gasteiger partial charge on any atom is 0.250 e. The van der Waals surface area contributed by atoms with Crippen molar-refractivity contribution < 1.29 is 9.53 Å². The van der Waals surface area contributed by atoms with Gasteiger partial charge in [0.2, 0.25) is 4.96 Å². The van der Waals surface area contributed by atoms with Gasteiger partial charge in [0.05, 0.1) is 12.8 Å². The number of rotatable bonds is 5. The Morgan fingerprint density at radius 3 is 2.82 bits per heavy atom. The molecule has 4 aromatic rings. The minimum atomic E-state index is -0.316. The third-order valence-corrected chi connectivity index (χ3v) is 5.03. The number of carbonyl (C=O) groups excluding carboxylic acids is 1. The zero-order valence-corrected chi connectivity index (χ0v) is 16.4. The van der Waals surface area contributed by atoms with Gasteiger partial charge in [-0.3, -0.25) is 10.1 Å². The number of fused-ring (bicyclic) bond motifs is 1. The first-order valence-corrected chi connectivity index (χ1v) is 9.61. The lowest BCUT2D eigenvalue weighted by Gasteiger charge is -2.01. The van der Waals surface area contributed by atoms with E-state index in [-0.39, 0.29) is 11.9 Å². The van der Waals surface area contributed by atoms with E-state index in [1.165, 1.54) is 17.4 Å². The van der Waals surface area contributed by atoms with Crippen LogP contribution in [-0.2, 0) is 4.79 Å². The van der Waals surface area contributed by atoms with E-state index in [1.807, 2.05) is 41.8 Å². The van der Waals surface area contributed by atoms with Gasteiger partial charge >= 0.3 is 0 Å². The summed E-state index contributed by atoms with van der Waals surface area (Å²) in [4.78, 5) is 17.2. The number of halogens is 1. The fourth-order valence-electron chi connectivity index (χ4n) is 2.63. The van der Waals surface area contributed by atoms with Crippen LogP contribution in [0, 0.1) is 0 Å². The SMILES string of the molecule is COc1ccc(-c2csc3nc(NC(=O)/C=C/c4cccc(Cl)c4)nn23)cc1. The summed E-state index contributed by atoms with van der Waals surface area (Å²) < 4.78 is 6.90. The molecule has 4 rings (SSSR count). The maximum atomic E-state index is 12.2. The van der Waals surface area contributed by atoms with Crippen molar-refractivity contribution in [2.75, 3.05) is 12.4 Å². The van der Waals surface area contributed by atoms with Gasteiger partial charge in [-0.25, -0.2) is 4.52 Å². The van der Waals surface area contributed by atoms with Crippen LogP contribution in [0.15, 0.2) is 60.0 Å². The number of hydrogen-bond donors (Lipinski definition) is 1. The molecule has 0 aliphatic rings. The molecule has 1 N–H and O–H groups in total. The van der Waals surface area contributed by atoms with Crippen LogP contribution in [0.2, 0.25) is 5.02 Å². The van der Waals surface area contributed by atoms with E-state index in [4.69, 9.17) is 16.3 Å². The summed E-state index contributed by atoms with van der Waals surface area (Å²) in [6.45, 7) is 0. The van der Waals surface area contributed by atoms with E-state index in [2.05, 4.69) is 15.4 Å². The number of thiazole rings is 1. The number of anilines is 1. The van der Waals surface area contributed by atoms with Gasteiger partial charge in [0.15, 0.2) is 0 Å². The van der Waals surface area contributed by atoms with Crippen LogP contribution >= 0.6 is 22.9 Å². The molecule has 0 atom stereocenters. The number of ether oxygens (including phenoxy) is 1. The Kier molecular flexibility index (Phi) is 5.10. The second-order valence-corrected chi connectivity index (χ2v) is 7.13. The van der Waals surface area contributed by atoms with Gasteiger partial charge in [-0.05, 0) is 48.0 Å². The fourth-order valence-corrected chi connectivity index (χ4v) is 3.66. The lowest BCUT2D eigenvalue weighted by atomic mass is 10.2. The van der Waals surface area contributed by atoms with Crippen molar-refractivity contribution in [3.63, 3.8) is 0 Å². The van der Waals surface area contributed by atoms with E-state index in [0.717, 1.165) is 22.6 Å². The Morgan fingerprint density at radius 1 is 1.25 bits per heavy atom. The first-order valence-electron chi connectivity index (χ1n) is 8.36. The Balaban J connectivity index is 1.52. The highest BCUT2D eigenvalue weighted by molar-refractivity contribution is 7.15. The molecule has 6 nitrogen and oxygen atoms in total.